The molecule has 26 heavy (non-hydrogen) atoms. The van der Waals surface area contributed by atoms with Gasteiger partial charge < -0.3 is 20.5 Å². The minimum absolute atomic E-state index is 0.0189. The van der Waals surface area contributed by atoms with Crippen LogP contribution in [0.25, 0.3) is 5.52 Å². The second kappa shape index (κ2) is 7.05. The standard InChI is InChI=1S/C18H22FN3O4/c1-10-15-11(4-6-26-2)7-13(18(24)25)17(23)22(15)9-14(19)16(10)21-5-3-12(20)8-21/h7,9,12H,3-6,8,20H2,1-2H3,(H,24,25)/t12-/m0/s1. The fourth-order valence-corrected chi connectivity index (χ4v) is 3.64. The summed E-state index contributed by atoms with van der Waals surface area (Å²) in [5.41, 5.74) is 6.98. The van der Waals surface area contributed by atoms with Gasteiger partial charge in [0, 0.05) is 26.2 Å². The first-order chi connectivity index (χ1) is 12.3. The van der Waals surface area contributed by atoms with E-state index in [0.29, 0.717) is 48.4 Å². The molecule has 2 aromatic heterocycles. The zero-order valence-electron chi connectivity index (χ0n) is 14.8. The maximum atomic E-state index is 14.8. The number of rotatable bonds is 5. The number of methoxy groups -OCH3 is 1. The molecule has 0 spiro atoms. The highest BCUT2D eigenvalue weighted by atomic mass is 19.1. The number of anilines is 1. The van der Waals surface area contributed by atoms with Gasteiger partial charge in [-0.1, -0.05) is 0 Å². The first-order valence-electron chi connectivity index (χ1n) is 8.45. The number of halogens is 1. The van der Waals surface area contributed by atoms with E-state index in [0.717, 1.165) is 17.0 Å². The third-order valence-corrected chi connectivity index (χ3v) is 4.84. The van der Waals surface area contributed by atoms with Gasteiger partial charge in [-0.05, 0) is 37.0 Å². The van der Waals surface area contributed by atoms with Gasteiger partial charge in [-0.25, -0.2) is 9.18 Å². The van der Waals surface area contributed by atoms with E-state index in [1.807, 2.05) is 4.90 Å². The molecule has 3 rings (SSSR count). The van der Waals surface area contributed by atoms with Crippen molar-refractivity contribution in [3.8, 4) is 0 Å². The van der Waals surface area contributed by atoms with Gasteiger partial charge in [0.2, 0.25) is 0 Å². The number of pyridine rings is 2. The number of ether oxygens (including phenoxy) is 1. The lowest BCUT2D eigenvalue weighted by Crippen LogP contribution is -2.29. The first-order valence-corrected chi connectivity index (χ1v) is 8.45. The van der Waals surface area contributed by atoms with Crippen molar-refractivity contribution in [3.63, 3.8) is 0 Å². The molecule has 0 unspecified atom stereocenters. The summed E-state index contributed by atoms with van der Waals surface area (Å²) < 4.78 is 21.0. The average molecular weight is 363 g/mol. The van der Waals surface area contributed by atoms with Gasteiger partial charge >= 0.3 is 5.97 Å². The molecule has 2 aromatic rings. The Morgan fingerprint density at radius 2 is 2.23 bits per heavy atom. The molecule has 0 aromatic carbocycles. The second-order valence-electron chi connectivity index (χ2n) is 6.60. The molecule has 0 radical (unpaired) electrons. The van der Waals surface area contributed by atoms with Gasteiger partial charge in [0.25, 0.3) is 5.56 Å². The van der Waals surface area contributed by atoms with E-state index in [4.69, 9.17) is 10.5 Å². The lowest BCUT2D eigenvalue weighted by molar-refractivity contribution is 0.0694. The van der Waals surface area contributed by atoms with Crippen LogP contribution in [0, 0.1) is 12.7 Å². The predicted octanol–water partition coefficient (Wildman–Crippen LogP) is 1.17. The topological polar surface area (TPSA) is 97.3 Å². The van der Waals surface area contributed by atoms with Crippen molar-refractivity contribution in [2.45, 2.75) is 25.8 Å². The van der Waals surface area contributed by atoms with Crippen molar-refractivity contribution in [2.24, 2.45) is 5.73 Å². The number of hydrogen-bond acceptors (Lipinski definition) is 5. The third kappa shape index (κ3) is 3.06. The monoisotopic (exact) mass is 363 g/mol. The Morgan fingerprint density at radius 3 is 2.81 bits per heavy atom. The molecule has 0 amide bonds. The Bertz CT molecular complexity index is 925. The van der Waals surface area contributed by atoms with Gasteiger partial charge in [-0.3, -0.25) is 9.20 Å². The van der Waals surface area contributed by atoms with E-state index < -0.39 is 17.3 Å². The summed E-state index contributed by atoms with van der Waals surface area (Å²) in [4.78, 5) is 25.8. The van der Waals surface area contributed by atoms with Crippen LogP contribution in [0.4, 0.5) is 10.1 Å². The molecule has 1 fully saturated rings. The zero-order chi connectivity index (χ0) is 19.0. The van der Waals surface area contributed by atoms with Crippen LogP contribution in [-0.2, 0) is 11.2 Å². The minimum atomic E-state index is -1.34. The number of carbonyl (C=O) groups is 1. The van der Waals surface area contributed by atoms with E-state index in [1.165, 1.54) is 6.07 Å². The number of nitrogens with two attached hydrogens (primary N) is 1. The number of fused-ring (bicyclic) bond motifs is 1. The van der Waals surface area contributed by atoms with Gasteiger partial charge in [0.15, 0.2) is 5.82 Å². The van der Waals surface area contributed by atoms with Crippen molar-refractivity contribution >= 4 is 17.2 Å². The molecule has 8 heteroatoms. The Balaban J connectivity index is 2.30. The fraction of sp³-hybridized carbons (Fsp3) is 0.444. The summed E-state index contributed by atoms with van der Waals surface area (Å²) >= 11 is 0. The number of hydrogen-bond donors (Lipinski definition) is 2. The summed E-state index contributed by atoms with van der Waals surface area (Å²) in [6.45, 7) is 3.28. The third-order valence-electron chi connectivity index (χ3n) is 4.84. The molecule has 7 nitrogen and oxygen atoms in total. The molecule has 1 aliphatic heterocycles. The fourth-order valence-electron chi connectivity index (χ4n) is 3.64. The average Bonchev–Trinajstić information content (AvgIpc) is 3.00. The molecule has 0 bridgehead atoms. The minimum Gasteiger partial charge on any atom is -0.477 e. The van der Waals surface area contributed by atoms with E-state index in [9.17, 15) is 19.1 Å². The van der Waals surface area contributed by atoms with Crippen LogP contribution < -0.4 is 16.2 Å². The van der Waals surface area contributed by atoms with E-state index in [-0.39, 0.29) is 11.6 Å². The van der Waals surface area contributed by atoms with Crippen LogP contribution in [0.5, 0.6) is 0 Å². The second-order valence-corrected chi connectivity index (χ2v) is 6.60. The smallest absolute Gasteiger partial charge is 0.341 e. The van der Waals surface area contributed by atoms with Gasteiger partial charge in [0.05, 0.1) is 24.0 Å². The lowest BCUT2D eigenvalue weighted by Gasteiger charge is -2.23. The molecule has 0 aliphatic carbocycles. The maximum absolute atomic E-state index is 14.8. The molecule has 1 saturated heterocycles. The molecule has 3 N–H and O–H groups in total. The van der Waals surface area contributed by atoms with Gasteiger partial charge in [-0.2, -0.15) is 0 Å². The Hall–Kier alpha value is -2.45. The van der Waals surface area contributed by atoms with E-state index in [2.05, 4.69) is 0 Å². The first kappa shape index (κ1) is 18.3. The predicted molar refractivity (Wildman–Crippen MR) is 95.7 cm³/mol. The van der Waals surface area contributed by atoms with Crippen molar-refractivity contribution in [1.82, 2.24) is 4.40 Å². The maximum Gasteiger partial charge on any atom is 0.341 e. The SMILES string of the molecule is COCCc1cc(C(=O)O)c(=O)n2cc(F)c(N3CC[C@H](N)C3)c(C)c12. The van der Waals surface area contributed by atoms with Crippen LogP contribution in [0.1, 0.15) is 27.9 Å². The normalized spacial score (nSPS) is 17.2. The van der Waals surface area contributed by atoms with Crippen LogP contribution in [-0.4, -0.2) is 48.3 Å². The zero-order valence-corrected chi connectivity index (χ0v) is 14.8. The Labute approximate surface area is 149 Å². The molecule has 3 heterocycles. The number of nitrogens with zero attached hydrogens (tertiary/aromatic N) is 2. The van der Waals surface area contributed by atoms with E-state index in [1.54, 1.807) is 14.0 Å². The largest absolute Gasteiger partial charge is 0.477 e. The van der Waals surface area contributed by atoms with Crippen LogP contribution in [0.3, 0.4) is 0 Å². The quantitative estimate of drug-likeness (QED) is 0.828. The summed E-state index contributed by atoms with van der Waals surface area (Å²) in [6.07, 6.45) is 2.25. The highest BCUT2D eigenvalue weighted by molar-refractivity contribution is 5.88. The van der Waals surface area contributed by atoms with Crippen molar-refractivity contribution in [1.29, 1.82) is 0 Å². The lowest BCUT2D eigenvalue weighted by atomic mass is 10.0. The highest BCUT2D eigenvalue weighted by Gasteiger charge is 2.26. The number of aromatic nitrogens is 1. The molecular formula is C18H22FN3O4. The number of aromatic carboxylic acids is 1. The molecule has 1 aliphatic rings. The van der Waals surface area contributed by atoms with Crippen molar-refractivity contribution in [3.05, 3.63) is 45.1 Å². The van der Waals surface area contributed by atoms with Crippen molar-refractivity contribution < 1.29 is 19.0 Å². The van der Waals surface area contributed by atoms with Crippen LogP contribution in [0.15, 0.2) is 17.1 Å². The van der Waals surface area contributed by atoms with Gasteiger partial charge in [0.1, 0.15) is 5.56 Å². The molecular weight excluding hydrogens is 341 g/mol. The summed E-state index contributed by atoms with van der Waals surface area (Å²) in [5, 5.41) is 9.31. The van der Waals surface area contributed by atoms with Crippen LogP contribution in [0.2, 0.25) is 0 Å². The summed E-state index contributed by atoms with van der Waals surface area (Å²) in [6, 6.07) is 1.35. The Kier molecular flexibility index (Phi) is 4.97. The summed E-state index contributed by atoms with van der Waals surface area (Å²) in [5.74, 6) is -1.90. The highest BCUT2D eigenvalue weighted by Crippen LogP contribution is 2.31. The van der Waals surface area contributed by atoms with Gasteiger partial charge in [-0.15, -0.1) is 0 Å². The molecule has 1 atom stereocenters. The van der Waals surface area contributed by atoms with Crippen LogP contribution >= 0.6 is 0 Å². The number of carboxylic acid groups (broad SMARTS) is 1. The number of aryl methyl sites for hydroxylation is 1. The molecule has 140 valence electrons. The van der Waals surface area contributed by atoms with E-state index >= 15 is 0 Å². The van der Waals surface area contributed by atoms with Crippen molar-refractivity contribution in [2.75, 3.05) is 31.7 Å². The molecule has 0 saturated carbocycles. The Morgan fingerprint density at radius 1 is 1.50 bits per heavy atom. The summed E-state index contributed by atoms with van der Waals surface area (Å²) in [7, 11) is 1.54. The number of carboxylic acids is 1.